The molecule has 20 heavy (non-hydrogen) atoms. The Balaban J connectivity index is 2.06. The van der Waals surface area contributed by atoms with E-state index in [1.807, 2.05) is 12.1 Å². The van der Waals surface area contributed by atoms with Crippen LogP contribution in [0.25, 0.3) is 0 Å². The number of nitrogens with two attached hydrogens (primary N) is 1. The van der Waals surface area contributed by atoms with Gasteiger partial charge in [0.25, 0.3) is 0 Å². The molecule has 1 aromatic rings. The highest BCUT2D eigenvalue weighted by molar-refractivity contribution is 6.03. The Hall–Kier alpha value is -1.68. The number of benzene rings is 1. The van der Waals surface area contributed by atoms with Crippen molar-refractivity contribution in [3.63, 3.8) is 0 Å². The van der Waals surface area contributed by atoms with Crippen molar-refractivity contribution in [1.82, 2.24) is 4.90 Å². The minimum absolute atomic E-state index is 0.107. The largest absolute Gasteiger partial charge is 0.322 e. The Morgan fingerprint density at radius 3 is 2.20 bits per heavy atom. The van der Waals surface area contributed by atoms with Crippen LogP contribution in [0, 0.1) is 5.92 Å². The minimum Gasteiger partial charge on any atom is -0.322 e. The van der Waals surface area contributed by atoms with Crippen LogP contribution in [0.2, 0.25) is 0 Å². The van der Waals surface area contributed by atoms with Crippen molar-refractivity contribution in [2.45, 2.75) is 39.2 Å². The number of rotatable bonds is 4. The second kappa shape index (κ2) is 5.75. The summed E-state index contributed by atoms with van der Waals surface area (Å²) < 4.78 is 0. The average molecular weight is 274 g/mol. The van der Waals surface area contributed by atoms with Gasteiger partial charge in [-0.25, -0.2) is 0 Å². The SMILES string of the molecule is CC1CC(=O)N(CC(N)c2ccc(C(C)C)cc2)C1=O. The topological polar surface area (TPSA) is 63.4 Å². The van der Waals surface area contributed by atoms with Crippen LogP contribution in [0.4, 0.5) is 0 Å². The van der Waals surface area contributed by atoms with Gasteiger partial charge in [-0.2, -0.15) is 0 Å². The fourth-order valence-electron chi connectivity index (χ4n) is 2.47. The lowest BCUT2D eigenvalue weighted by Crippen LogP contribution is -2.36. The van der Waals surface area contributed by atoms with Gasteiger partial charge in [-0.15, -0.1) is 0 Å². The molecule has 4 nitrogen and oxygen atoms in total. The first-order valence-corrected chi connectivity index (χ1v) is 7.09. The van der Waals surface area contributed by atoms with Crippen molar-refractivity contribution in [3.05, 3.63) is 35.4 Å². The van der Waals surface area contributed by atoms with Crippen LogP contribution in [0.15, 0.2) is 24.3 Å². The third kappa shape index (κ3) is 2.90. The average Bonchev–Trinajstić information content (AvgIpc) is 2.65. The zero-order valence-corrected chi connectivity index (χ0v) is 12.3. The fourth-order valence-corrected chi connectivity index (χ4v) is 2.47. The molecular formula is C16H22N2O2. The standard InChI is InChI=1S/C16H22N2O2/c1-10(2)12-4-6-13(7-5-12)14(17)9-18-15(19)8-11(3)16(18)20/h4-7,10-11,14H,8-9,17H2,1-3H3. The lowest BCUT2D eigenvalue weighted by Gasteiger charge is -2.20. The van der Waals surface area contributed by atoms with Gasteiger partial charge in [-0.3, -0.25) is 14.5 Å². The molecule has 0 bridgehead atoms. The zero-order chi connectivity index (χ0) is 14.9. The van der Waals surface area contributed by atoms with E-state index >= 15 is 0 Å². The van der Waals surface area contributed by atoms with Crippen LogP contribution in [0.5, 0.6) is 0 Å². The Morgan fingerprint density at radius 1 is 1.20 bits per heavy atom. The highest BCUT2D eigenvalue weighted by Crippen LogP contribution is 2.23. The summed E-state index contributed by atoms with van der Waals surface area (Å²) in [5.74, 6) is 0.0434. The zero-order valence-electron chi connectivity index (χ0n) is 12.3. The van der Waals surface area contributed by atoms with Crippen molar-refractivity contribution >= 4 is 11.8 Å². The summed E-state index contributed by atoms with van der Waals surface area (Å²) in [4.78, 5) is 24.9. The smallest absolute Gasteiger partial charge is 0.232 e. The first-order chi connectivity index (χ1) is 9.40. The quantitative estimate of drug-likeness (QED) is 0.856. The summed E-state index contributed by atoms with van der Waals surface area (Å²) >= 11 is 0. The highest BCUT2D eigenvalue weighted by atomic mass is 16.2. The maximum Gasteiger partial charge on any atom is 0.232 e. The minimum atomic E-state index is -0.325. The maximum atomic E-state index is 11.9. The predicted octanol–water partition coefficient (Wildman–Crippen LogP) is 2.20. The molecule has 1 fully saturated rings. The summed E-state index contributed by atoms with van der Waals surface area (Å²) in [6, 6.07) is 7.74. The third-order valence-electron chi connectivity index (χ3n) is 3.88. The van der Waals surface area contributed by atoms with Gasteiger partial charge in [0, 0.05) is 24.9 Å². The molecule has 2 rings (SSSR count). The number of amides is 2. The summed E-state index contributed by atoms with van der Waals surface area (Å²) in [5, 5.41) is 0. The molecule has 0 radical (unpaired) electrons. The molecule has 0 aromatic heterocycles. The number of carbonyl (C=O) groups excluding carboxylic acids is 2. The van der Waals surface area contributed by atoms with Crippen molar-refractivity contribution in [2.24, 2.45) is 11.7 Å². The number of hydrogen-bond donors (Lipinski definition) is 1. The number of likely N-dealkylation sites (tertiary alicyclic amines) is 1. The molecule has 1 aliphatic rings. The van der Waals surface area contributed by atoms with E-state index in [-0.39, 0.29) is 30.3 Å². The molecule has 108 valence electrons. The highest BCUT2D eigenvalue weighted by Gasteiger charge is 2.36. The van der Waals surface area contributed by atoms with E-state index in [9.17, 15) is 9.59 Å². The number of carbonyl (C=O) groups is 2. The number of nitrogens with zero attached hydrogens (tertiary/aromatic N) is 1. The molecule has 2 atom stereocenters. The van der Waals surface area contributed by atoms with E-state index < -0.39 is 0 Å². The van der Waals surface area contributed by atoms with Crippen molar-refractivity contribution in [3.8, 4) is 0 Å². The van der Waals surface area contributed by atoms with E-state index in [4.69, 9.17) is 5.73 Å². The van der Waals surface area contributed by atoms with Crippen molar-refractivity contribution in [2.75, 3.05) is 6.54 Å². The van der Waals surface area contributed by atoms with Gasteiger partial charge in [-0.05, 0) is 17.0 Å². The van der Waals surface area contributed by atoms with Gasteiger partial charge in [0.15, 0.2) is 0 Å². The molecule has 2 amide bonds. The summed E-state index contributed by atoms with van der Waals surface area (Å²) in [6.07, 6.45) is 0.303. The Kier molecular flexibility index (Phi) is 4.23. The predicted molar refractivity (Wildman–Crippen MR) is 78.0 cm³/mol. The van der Waals surface area contributed by atoms with E-state index in [0.717, 1.165) is 5.56 Å². The molecule has 1 heterocycles. The van der Waals surface area contributed by atoms with E-state index in [2.05, 4.69) is 26.0 Å². The molecule has 0 spiro atoms. The molecule has 2 unspecified atom stereocenters. The summed E-state index contributed by atoms with van der Waals surface area (Å²) in [6.45, 7) is 6.32. The Labute approximate surface area is 119 Å². The molecule has 1 aromatic carbocycles. The van der Waals surface area contributed by atoms with Gasteiger partial charge in [-0.1, -0.05) is 45.0 Å². The van der Waals surface area contributed by atoms with Crippen LogP contribution in [0.3, 0.4) is 0 Å². The third-order valence-corrected chi connectivity index (χ3v) is 3.88. The first-order valence-electron chi connectivity index (χ1n) is 7.09. The first kappa shape index (κ1) is 14.7. The number of imide groups is 1. The molecule has 0 saturated carbocycles. The van der Waals surface area contributed by atoms with E-state index in [1.54, 1.807) is 6.92 Å². The Bertz CT molecular complexity index is 508. The molecular weight excluding hydrogens is 252 g/mol. The van der Waals surface area contributed by atoms with Gasteiger partial charge in [0.05, 0.1) is 0 Å². The van der Waals surface area contributed by atoms with Crippen LogP contribution in [-0.4, -0.2) is 23.3 Å². The van der Waals surface area contributed by atoms with Crippen LogP contribution in [-0.2, 0) is 9.59 Å². The molecule has 4 heteroatoms. The lowest BCUT2D eigenvalue weighted by molar-refractivity contribution is -0.139. The monoisotopic (exact) mass is 274 g/mol. The van der Waals surface area contributed by atoms with Gasteiger partial charge < -0.3 is 5.73 Å². The molecule has 1 aliphatic heterocycles. The van der Waals surface area contributed by atoms with Gasteiger partial charge in [0.1, 0.15) is 0 Å². The molecule has 1 saturated heterocycles. The van der Waals surface area contributed by atoms with E-state index in [1.165, 1.54) is 10.5 Å². The molecule has 0 aliphatic carbocycles. The van der Waals surface area contributed by atoms with E-state index in [0.29, 0.717) is 12.3 Å². The van der Waals surface area contributed by atoms with Crippen molar-refractivity contribution in [1.29, 1.82) is 0 Å². The van der Waals surface area contributed by atoms with Gasteiger partial charge in [0.2, 0.25) is 11.8 Å². The summed E-state index contributed by atoms with van der Waals surface area (Å²) in [5.41, 5.74) is 8.33. The second-order valence-electron chi connectivity index (χ2n) is 5.88. The Morgan fingerprint density at radius 2 is 1.75 bits per heavy atom. The van der Waals surface area contributed by atoms with Crippen LogP contribution < -0.4 is 5.73 Å². The van der Waals surface area contributed by atoms with Crippen LogP contribution >= 0.6 is 0 Å². The maximum absolute atomic E-state index is 11.9. The van der Waals surface area contributed by atoms with Crippen LogP contribution in [0.1, 0.15) is 50.3 Å². The van der Waals surface area contributed by atoms with Crippen molar-refractivity contribution < 1.29 is 9.59 Å². The fraction of sp³-hybridized carbons (Fsp3) is 0.500. The normalized spacial score (nSPS) is 20.9. The number of hydrogen-bond acceptors (Lipinski definition) is 3. The summed E-state index contributed by atoms with van der Waals surface area (Å²) in [7, 11) is 0. The second-order valence-corrected chi connectivity index (χ2v) is 5.88. The van der Waals surface area contributed by atoms with Gasteiger partial charge >= 0.3 is 0 Å². The molecule has 2 N–H and O–H groups in total. The lowest BCUT2D eigenvalue weighted by atomic mass is 9.99.